The zero-order valence-electron chi connectivity index (χ0n) is 13.0. The number of Topliss-reactive ketones (excluding diaryl/α,β-unsaturated/α-hetero) is 1. The molecule has 0 spiro atoms. The normalized spacial score (nSPS) is 11.7. The van der Waals surface area contributed by atoms with Crippen LogP contribution in [0.5, 0.6) is 5.75 Å². The molecule has 2 rings (SSSR count). The number of carbonyl (C=O) groups excluding carboxylic acids is 1. The molecule has 0 aliphatic carbocycles. The van der Waals surface area contributed by atoms with E-state index in [0.29, 0.717) is 29.5 Å². The van der Waals surface area contributed by atoms with E-state index in [4.69, 9.17) is 16.3 Å². The van der Waals surface area contributed by atoms with Gasteiger partial charge in [-0.3, -0.25) is 14.6 Å². The SMILES string of the molecule is O=C(CC(C(=O)O)c1ccccn1)c1ccc(OCCCCl)cc1. The molecule has 1 aromatic carbocycles. The van der Waals surface area contributed by atoms with Gasteiger partial charge in [-0.05, 0) is 42.8 Å². The third-order valence-electron chi connectivity index (χ3n) is 3.46. The number of ether oxygens (including phenoxy) is 1. The second-order valence-electron chi connectivity index (χ2n) is 5.19. The fourth-order valence-corrected chi connectivity index (χ4v) is 2.29. The summed E-state index contributed by atoms with van der Waals surface area (Å²) in [7, 11) is 0. The Balaban J connectivity index is 2.03. The molecule has 1 aromatic heterocycles. The van der Waals surface area contributed by atoms with Crippen molar-refractivity contribution in [2.24, 2.45) is 0 Å². The van der Waals surface area contributed by atoms with Crippen molar-refractivity contribution in [1.82, 2.24) is 4.98 Å². The number of carbonyl (C=O) groups is 2. The number of carboxylic acid groups (broad SMARTS) is 1. The standard InChI is InChI=1S/C18H18ClNO4/c19-9-3-11-24-14-7-5-13(6-8-14)17(21)12-15(18(22)23)16-4-1-2-10-20-16/h1-2,4-8,10,15H,3,9,11-12H2,(H,22,23). The maximum Gasteiger partial charge on any atom is 0.313 e. The van der Waals surface area contributed by atoms with Gasteiger partial charge in [-0.1, -0.05) is 6.07 Å². The molecule has 1 unspecified atom stereocenters. The summed E-state index contributed by atoms with van der Waals surface area (Å²) in [6.45, 7) is 0.511. The lowest BCUT2D eigenvalue weighted by atomic mass is 9.95. The summed E-state index contributed by atoms with van der Waals surface area (Å²) >= 11 is 5.58. The number of alkyl halides is 1. The highest BCUT2D eigenvalue weighted by Crippen LogP contribution is 2.21. The molecule has 0 saturated heterocycles. The lowest BCUT2D eigenvalue weighted by molar-refractivity contribution is -0.138. The van der Waals surface area contributed by atoms with Crippen LogP contribution in [0.4, 0.5) is 0 Å². The van der Waals surface area contributed by atoms with E-state index in [-0.39, 0.29) is 12.2 Å². The first kappa shape index (κ1) is 17.9. The fourth-order valence-electron chi connectivity index (χ4n) is 2.19. The molecule has 1 atom stereocenters. The van der Waals surface area contributed by atoms with Crippen molar-refractivity contribution in [3.05, 3.63) is 59.9 Å². The van der Waals surface area contributed by atoms with Crippen LogP contribution in [0.3, 0.4) is 0 Å². The van der Waals surface area contributed by atoms with Crippen molar-refractivity contribution >= 4 is 23.4 Å². The summed E-state index contributed by atoms with van der Waals surface area (Å²) in [5.74, 6) is -1.10. The van der Waals surface area contributed by atoms with Crippen molar-refractivity contribution in [2.45, 2.75) is 18.8 Å². The first-order valence-electron chi connectivity index (χ1n) is 7.57. The zero-order valence-corrected chi connectivity index (χ0v) is 13.8. The minimum atomic E-state index is -1.07. The summed E-state index contributed by atoms with van der Waals surface area (Å²) in [4.78, 5) is 27.8. The van der Waals surface area contributed by atoms with Crippen LogP contribution < -0.4 is 4.74 Å². The molecule has 126 valence electrons. The predicted octanol–water partition coefficient (Wildman–Crippen LogP) is 3.53. The van der Waals surface area contributed by atoms with Gasteiger partial charge in [0.1, 0.15) is 11.7 Å². The Morgan fingerprint density at radius 1 is 1.17 bits per heavy atom. The highest BCUT2D eigenvalue weighted by Gasteiger charge is 2.24. The minimum absolute atomic E-state index is 0.140. The van der Waals surface area contributed by atoms with E-state index in [1.165, 1.54) is 6.20 Å². The van der Waals surface area contributed by atoms with Gasteiger partial charge in [0.15, 0.2) is 5.78 Å². The number of hydrogen-bond acceptors (Lipinski definition) is 4. The summed E-state index contributed by atoms with van der Waals surface area (Å²) in [5, 5.41) is 9.36. The van der Waals surface area contributed by atoms with Gasteiger partial charge >= 0.3 is 5.97 Å². The molecular formula is C18H18ClNO4. The number of carboxylic acids is 1. The van der Waals surface area contributed by atoms with E-state index in [2.05, 4.69) is 4.98 Å². The van der Waals surface area contributed by atoms with E-state index >= 15 is 0 Å². The molecule has 1 N–H and O–H groups in total. The van der Waals surface area contributed by atoms with Crippen molar-refractivity contribution < 1.29 is 19.4 Å². The summed E-state index contributed by atoms with van der Waals surface area (Å²) < 4.78 is 5.47. The number of hydrogen-bond donors (Lipinski definition) is 1. The van der Waals surface area contributed by atoms with Gasteiger partial charge in [0.25, 0.3) is 0 Å². The Morgan fingerprint density at radius 2 is 1.92 bits per heavy atom. The molecule has 0 fully saturated rings. The second-order valence-corrected chi connectivity index (χ2v) is 5.57. The average molecular weight is 348 g/mol. The first-order valence-corrected chi connectivity index (χ1v) is 8.11. The van der Waals surface area contributed by atoms with Crippen LogP contribution in [0.1, 0.15) is 34.8 Å². The number of pyridine rings is 1. The molecule has 0 amide bonds. The van der Waals surface area contributed by atoms with Gasteiger partial charge in [0.05, 0.1) is 12.3 Å². The van der Waals surface area contributed by atoms with Crippen molar-refractivity contribution in [3.63, 3.8) is 0 Å². The van der Waals surface area contributed by atoms with E-state index in [0.717, 1.165) is 6.42 Å². The Bertz CT molecular complexity index is 673. The molecule has 24 heavy (non-hydrogen) atoms. The first-order chi connectivity index (χ1) is 11.6. The molecule has 0 aliphatic heterocycles. The highest BCUT2D eigenvalue weighted by atomic mass is 35.5. The Kier molecular flexibility index (Phi) is 6.75. The Morgan fingerprint density at radius 3 is 2.50 bits per heavy atom. The molecule has 0 bridgehead atoms. The third kappa shape index (κ3) is 5.06. The summed E-state index contributed by atoms with van der Waals surface area (Å²) in [6.07, 6.45) is 2.12. The van der Waals surface area contributed by atoms with Gasteiger partial charge in [0, 0.05) is 24.1 Å². The number of halogens is 1. The van der Waals surface area contributed by atoms with Crippen molar-refractivity contribution in [1.29, 1.82) is 0 Å². The fraction of sp³-hybridized carbons (Fsp3) is 0.278. The van der Waals surface area contributed by atoms with E-state index in [9.17, 15) is 14.7 Å². The maximum atomic E-state index is 12.4. The summed E-state index contributed by atoms with van der Waals surface area (Å²) in [5.41, 5.74) is 0.821. The quantitative estimate of drug-likeness (QED) is 0.426. The molecule has 0 radical (unpaired) electrons. The molecule has 5 nitrogen and oxygen atoms in total. The van der Waals surface area contributed by atoms with Crippen LogP contribution in [0.25, 0.3) is 0 Å². The monoisotopic (exact) mass is 347 g/mol. The average Bonchev–Trinajstić information content (AvgIpc) is 2.61. The van der Waals surface area contributed by atoms with Gasteiger partial charge in [-0.25, -0.2) is 0 Å². The van der Waals surface area contributed by atoms with Crippen molar-refractivity contribution in [2.75, 3.05) is 12.5 Å². The maximum absolute atomic E-state index is 12.4. The van der Waals surface area contributed by atoms with Crippen molar-refractivity contribution in [3.8, 4) is 5.75 Å². The largest absolute Gasteiger partial charge is 0.494 e. The van der Waals surface area contributed by atoms with E-state index < -0.39 is 11.9 Å². The molecule has 2 aromatic rings. The summed E-state index contributed by atoms with van der Waals surface area (Å²) in [6, 6.07) is 11.7. The van der Waals surface area contributed by atoms with Crippen LogP contribution in [0.2, 0.25) is 0 Å². The third-order valence-corrected chi connectivity index (χ3v) is 3.72. The highest BCUT2D eigenvalue weighted by molar-refractivity contribution is 6.17. The van der Waals surface area contributed by atoms with Crippen LogP contribution >= 0.6 is 11.6 Å². The molecule has 0 saturated carbocycles. The lowest BCUT2D eigenvalue weighted by Gasteiger charge is -2.11. The second kappa shape index (κ2) is 9.03. The van der Waals surface area contributed by atoms with E-state index in [1.807, 2.05) is 0 Å². The van der Waals surface area contributed by atoms with E-state index in [1.54, 1.807) is 42.5 Å². The number of nitrogens with zero attached hydrogens (tertiary/aromatic N) is 1. The molecule has 6 heteroatoms. The predicted molar refractivity (Wildman–Crippen MR) is 90.8 cm³/mol. The number of aromatic nitrogens is 1. The minimum Gasteiger partial charge on any atom is -0.494 e. The molecule has 1 heterocycles. The van der Waals surface area contributed by atoms with Crippen LogP contribution in [-0.4, -0.2) is 34.3 Å². The Labute approximate surface area is 145 Å². The number of ketones is 1. The zero-order chi connectivity index (χ0) is 17.4. The van der Waals surface area contributed by atoms with Crippen LogP contribution in [0, 0.1) is 0 Å². The number of aliphatic carboxylic acids is 1. The number of rotatable bonds is 9. The topological polar surface area (TPSA) is 76.5 Å². The molecule has 0 aliphatic rings. The smallest absolute Gasteiger partial charge is 0.313 e. The number of benzene rings is 1. The van der Waals surface area contributed by atoms with Gasteiger partial charge < -0.3 is 9.84 Å². The Hall–Kier alpha value is -2.40. The molecular weight excluding hydrogens is 330 g/mol. The van der Waals surface area contributed by atoms with Crippen LogP contribution in [-0.2, 0) is 4.79 Å². The van der Waals surface area contributed by atoms with Crippen LogP contribution in [0.15, 0.2) is 48.7 Å². The van der Waals surface area contributed by atoms with Gasteiger partial charge in [-0.15, -0.1) is 11.6 Å². The van der Waals surface area contributed by atoms with Gasteiger partial charge in [0.2, 0.25) is 0 Å². The van der Waals surface area contributed by atoms with Gasteiger partial charge in [-0.2, -0.15) is 0 Å². The lowest BCUT2D eigenvalue weighted by Crippen LogP contribution is -2.17.